The number of nitro benzene ring substituents is 1. The van der Waals surface area contributed by atoms with Gasteiger partial charge in [-0.3, -0.25) is 10.1 Å². The van der Waals surface area contributed by atoms with Gasteiger partial charge in [-0.05, 0) is 37.8 Å². The van der Waals surface area contributed by atoms with E-state index in [2.05, 4.69) is 19.2 Å². The number of non-ortho nitro benzene ring substituents is 1. The number of hydrogen-bond acceptors (Lipinski definition) is 3. The van der Waals surface area contributed by atoms with Crippen LogP contribution in [0.2, 0.25) is 5.02 Å². The van der Waals surface area contributed by atoms with E-state index < -0.39 is 4.92 Å². The van der Waals surface area contributed by atoms with Crippen molar-refractivity contribution in [3.8, 4) is 0 Å². The summed E-state index contributed by atoms with van der Waals surface area (Å²) >= 11 is 6.08. The molecule has 0 aliphatic heterocycles. The molecule has 0 fully saturated rings. The second kappa shape index (κ2) is 8.12. The van der Waals surface area contributed by atoms with E-state index in [1.165, 1.54) is 12.1 Å². The summed E-state index contributed by atoms with van der Waals surface area (Å²) < 4.78 is 0. The summed E-state index contributed by atoms with van der Waals surface area (Å²) in [5.74, 6) is 0. The van der Waals surface area contributed by atoms with Gasteiger partial charge in [-0.15, -0.1) is 0 Å². The molecule has 1 rings (SSSR count). The van der Waals surface area contributed by atoms with E-state index in [4.69, 9.17) is 11.6 Å². The predicted molar refractivity (Wildman–Crippen MR) is 78.8 cm³/mol. The molecule has 0 saturated heterocycles. The molecule has 1 unspecified atom stereocenters. The molecule has 1 N–H and O–H groups in total. The highest BCUT2D eigenvalue weighted by Crippen LogP contribution is 2.24. The smallest absolute Gasteiger partial charge is 0.270 e. The molecule has 106 valence electrons. The molecule has 0 aromatic heterocycles. The predicted octanol–water partition coefficient (Wildman–Crippen LogP) is 3.96. The van der Waals surface area contributed by atoms with E-state index in [1.807, 2.05) is 0 Å². The van der Waals surface area contributed by atoms with Crippen LogP contribution in [0.15, 0.2) is 18.2 Å². The van der Waals surface area contributed by atoms with Gasteiger partial charge in [-0.2, -0.15) is 0 Å². The molecule has 4 nitrogen and oxygen atoms in total. The zero-order chi connectivity index (χ0) is 14.3. The van der Waals surface area contributed by atoms with Crippen molar-refractivity contribution < 1.29 is 4.92 Å². The lowest BCUT2D eigenvalue weighted by Gasteiger charge is -2.16. The lowest BCUT2D eigenvalue weighted by molar-refractivity contribution is -0.384. The van der Waals surface area contributed by atoms with E-state index in [0.717, 1.165) is 37.8 Å². The van der Waals surface area contributed by atoms with Gasteiger partial charge in [0.05, 0.1) is 9.95 Å². The second-order valence-electron chi connectivity index (χ2n) is 4.63. The first-order valence-corrected chi connectivity index (χ1v) is 7.12. The first kappa shape index (κ1) is 15.9. The number of rotatable bonds is 8. The summed E-state index contributed by atoms with van der Waals surface area (Å²) in [7, 11) is 0. The van der Waals surface area contributed by atoms with Crippen molar-refractivity contribution in [3.63, 3.8) is 0 Å². The van der Waals surface area contributed by atoms with Crippen LogP contribution in [-0.2, 0) is 6.42 Å². The van der Waals surface area contributed by atoms with Crippen LogP contribution in [0.1, 0.15) is 38.7 Å². The molecule has 1 aromatic rings. The Labute approximate surface area is 119 Å². The fraction of sp³-hybridized carbons (Fsp3) is 0.571. The van der Waals surface area contributed by atoms with Crippen LogP contribution in [0.3, 0.4) is 0 Å². The van der Waals surface area contributed by atoms with Crippen molar-refractivity contribution >= 4 is 17.3 Å². The Kier molecular flexibility index (Phi) is 6.81. The highest BCUT2D eigenvalue weighted by molar-refractivity contribution is 6.31. The maximum Gasteiger partial charge on any atom is 0.270 e. The van der Waals surface area contributed by atoms with Crippen molar-refractivity contribution in [3.05, 3.63) is 38.9 Å². The van der Waals surface area contributed by atoms with Crippen LogP contribution in [-0.4, -0.2) is 17.5 Å². The molecular formula is C14H21ClN2O2. The van der Waals surface area contributed by atoms with Gasteiger partial charge in [-0.25, -0.2) is 0 Å². The molecule has 1 atom stereocenters. The number of benzene rings is 1. The van der Waals surface area contributed by atoms with Gasteiger partial charge in [0.25, 0.3) is 5.69 Å². The summed E-state index contributed by atoms with van der Waals surface area (Å²) in [4.78, 5) is 10.2. The Hall–Kier alpha value is -1.13. The molecule has 0 spiro atoms. The van der Waals surface area contributed by atoms with Crippen LogP contribution in [0.4, 0.5) is 5.69 Å². The van der Waals surface area contributed by atoms with Gasteiger partial charge in [0.1, 0.15) is 0 Å². The third kappa shape index (κ3) is 5.17. The molecule has 0 bridgehead atoms. The van der Waals surface area contributed by atoms with Crippen LogP contribution in [0, 0.1) is 10.1 Å². The minimum atomic E-state index is -0.423. The van der Waals surface area contributed by atoms with Crippen LogP contribution < -0.4 is 5.32 Å². The molecular weight excluding hydrogens is 264 g/mol. The van der Waals surface area contributed by atoms with Crippen molar-refractivity contribution in [2.24, 2.45) is 0 Å². The molecule has 1 aromatic carbocycles. The minimum absolute atomic E-state index is 0.0462. The number of nitro groups is 1. The van der Waals surface area contributed by atoms with Crippen molar-refractivity contribution in [2.45, 2.75) is 45.6 Å². The van der Waals surface area contributed by atoms with Crippen LogP contribution in [0.5, 0.6) is 0 Å². The number of aryl methyl sites for hydroxylation is 1. The first-order chi connectivity index (χ1) is 9.08. The Balaban J connectivity index is 2.59. The highest BCUT2D eigenvalue weighted by atomic mass is 35.5. The SMILES string of the molecule is CCCNC(CC)CCc1ccc([N+](=O)[O-])cc1Cl. The van der Waals surface area contributed by atoms with Gasteiger partial charge >= 0.3 is 0 Å². The monoisotopic (exact) mass is 284 g/mol. The van der Waals surface area contributed by atoms with Crippen molar-refractivity contribution in [1.82, 2.24) is 5.32 Å². The maximum atomic E-state index is 10.6. The number of hydrogen-bond donors (Lipinski definition) is 1. The third-order valence-corrected chi connectivity index (χ3v) is 3.54. The fourth-order valence-electron chi connectivity index (χ4n) is 1.98. The summed E-state index contributed by atoms with van der Waals surface area (Å²) in [6.07, 6.45) is 4.03. The van der Waals surface area contributed by atoms with E-state index in [0.29, 0.717) is 11.1 Å². The molecule has 5 heteroatoms. The Morgan fingerprint density at radius 2 is 2.16 bits per heavy atom. The Morgan fingerprint density at radius 1 is 1.42 bits per heavy atom. The third-order valence-electron chi connectivity index (χ3n) is 3.19. The summed E-state index contributed by atoms with van der Waals surface area (Å²) in [6.45, 7) is 5.32. The average molecular weight is 285 g/mol. The highest BCUT2D eigenvalue weighted by Gasteiger charge is 2.11. The number of nitrogens with zero attached hydrogens (tertiary/aromatic N) is 1. The van der Waals surface area contributed by atoms with Crippen LogP contribution >= 0.6 is 11.6 Å². The van der Waals surface area contributed by atoms with Gasteiger partial charge in [0.2, 0.25) is 0 Å². The fourth-order valence-corrected chi connectivity index (χ4v) is 2.25. The molecule has 19 heavy (non-hydrogen) atoms. The lowest BCUT2D eigenvalue weighted by Crippen LogP contribution is -2.29. The summed E-state index contributed by atoms with van der Waals surface area (Å²) in [5, 5.41) is 14.6. The second-order valence-corrected chi connectivity index (χ2v) is 5.04. The zero-order valence-corrected chi connectivity index (χ0v) is 12.2. The normalized spacial score (nSPS) is 12.4. The zero-order valence-electron chi connectivity index (χ0n) is 11.5. The molecule has 0 amide bonds. The molecule has 0 heterocycles. The summed E-state index contributed by atoms with van der Waals surface area (Å²) in [5.41, 5.74) is 1.02. The number of halogens is 1. The van der Waals surface area contributed by atoms with Gasteiger partial charge in [-0.1, -0.05) is 31.5 Å². The first-order valence-electron chi connectivity index (χ1n) is 6.74. The summed E-state index contributed by atoms with van der Waals surface area (Å²) in [6, 6.07) is 5.18. The van der Waals surface area contributed by atoms with Gasteiger partial charge in [0, 0.05) is 18.2 Å². The van der Waals surface area contributed by atoms with E-state index >= 15 is 0 Å². The van der Waals surface area contributed by atoms with E-state index in [1.54, 1.807) is 6.07 Å². The van der Waals surface area contributed by atoms with Crippen LogP contribution in [0.25, 0.3) is 0 Å². The van der Waals surface area contributed by atoms with Crippen molar-refractivity contribution in [2.75, 3.05) is 6.54 Å². The molecule has 0 aliphatic carbocycles. The molecule has 0 aliphatic rings. The lowest BCUT2D eigenvalue weighted by atomic mass is 10.0. The Morgan fingerprint density at radius 3 is 2.68 bits per heavy atom. The maximum absolute atomic E-state index is 10.6. The molecule has 0 saturated carbocycles. The largest absolute Gasteiger partial charge is 0.314 e. The van der Waals surface area contributed by atoms with E-state index in [9.17, 15) is 10.1 Å². The average Bonchev–Trinajstić information content (AvgIpc) is 2.40. The Bertz CT molecular complexity index is 424. The number of nitrogens with one attached hydrogen (secondary N) is 1. The van der Waals surface area contributed by atoms with Gasteiger partial charge < -0.3 is 5.32 Å². The quantitative estimate of drug-likeness (QED) is 0.581. The van der Waals surface area contributed by atoms with Gasteiger partial charge in [0.15, 0.2) is 0 Å². The molecule has 0 radical (unpaired) electrons. The van der Waals surface area contributed by atoms with E-state index in [-0.39, 0.29) is 5.69 Å². The standard InChI is InChI=1S/C14H21ClN2O2/c1-3-9-16-12(4-2)7-5-11-6-8-13(17(18)19)10-14(11)15/h6,8,10,12,16H,3-5,7,9H2,1-2H3. The van der Waals surface area contributed by atoms with Crippen molar-refractivity contribution in [1.29, 1.82) is 0 Å². The minimum Gasteiger partial charge on any atom is -0.314 e. The topological polar surface area (TPSA) is 55.2 Å².